The molecule has 1 saturated heterocycles. The Hall–Kier alpha value is -1.18. The zero-order chi connectivity index (χ0) is 19.6. The van der Waals surface area contributed by atoms with Crippen LogP contribution in [0.2, 0.25) is 18.1 Å². The topological polar surface area (TPSA) is 76.1 Å². The molecule has 0 saturated carbocycles. The summed E-state index contributed by atoms with van der Waals surface area (Å²) in [7, 11) is -2.03. The quantitative estimate of drug-likeness (QED) is 0.307. The summed E-state index contributed by atoms with van der Waals surface area (Å²) in [5, 5.41) is 10.2. The zero-order valence-electron chi connectivity index (χ0n) is 16.5. The highest BCUT2D eigenvalue weighted by Gasteiger charge is 2.55. The minimum atomic E-state index is -2.03. The standard InChI is InChI=1S/C18H33NO5Si/c1-9-11-13-14(12(3)24-25(7,8)18(4,5)6)15(20)19(13)16(21)17(22)23-10-2/h9,12-14,16,21H,1,10-11H2,2-8H3/t12-,13-,14-,16+/m1/s1. The Labute approximate surface area is 152 Å². The molecule has 0 radical (unpaired) electrons. The van der Waals surface area contributed by atoms with Crippen LogP contribution >= 0.6 is 0 Å². The van der Waals surface area contributed by atoms with Gasteiger partial charge >= 0.3 is 5.97 Å². The molecule has 1 fully saturated rings. The maximum absolute atomic E-state index is 12.6. The molecule has 1 aliphatic heterocycles. The summed E-state index contributed by atoms with van der Waals surface area (Å²) in [6.07, 6.45) is 0.309. The molecule has 0 aromatic rings. The molecule has 1 aliphatic rings. The van der Waals surface area contributed by atoms with E-state index < -0.39 is 26.4 Å². The molecular formula is C18H33NO5Si. The van der Waals surface area contributed by atoms with E-state index in [0.717, 1.165) is 0 Å². The number of nitrogens with zero attached hydrogens (tertiary/aromatic N) is 1. The normalized spacial score (nSPS) is 23.7. The number of aliphatic hydroxyl groups excluding tert-OH is 1. The average molecular weight is 372 g/mol. The highest BCUT2D eigenvalue weighted by Crippen LogP contribution is 2.41. The van der Waals surface area contributed by atoms with Crippen LogP contribution in [0.1, 0.15) is 41.0 Å². The number of β-lactam (4-membered cyclic amide) rings is 1. The fourth-order valence-corrected chi connectivity index (χ4v) is 4.31. The molecule has 0 unspecified atom stereocenters. The van der Waals surface area contributed by atoms with Crippen LogP contribution in [-0.2, 0) is 18.8 Å². The third kappa shape index (κ3) is 4.51. The molecule has 7 heteroatoms. The zero-order valence-corrected chi connectivity index (χ0v) is 17.5. The molecule has 1 N–H and O–H groups in total. The van der Waals surface area contributed by atoms with E-state index in [2.05, 4.69) is 40.4 Å². The lowest BCUT2D eigenvalue weighted by Crippen LogP contribution is -2.69. The second-order valence-corrected chi connectivity index (χ2v) is 12.8. The first-order valence-corrected chi connectivity index (χ1v) is 11.8. The Morgan fingerprint density at radius 2 is 2.00 bits per heavy atom. The van der Waals surface area contributed by atoms with Crippen molar-refractivity contribution in [2.45, 2.75) is 77.5 Å². The van der Waals surface area contributed by atoms with Gasteiger partial charge < -0.3 is 19.2 Å². The number of esters is 1. The Morgan fingerprint density at radius 3 is 2.44 bits per heavy atom. The van der Waals surface area contributed by atoms with Crippen molar-refractivity contribution >= 4 is 20.2 Å². The molecular weight excluding hydrogens is 338 g/mol. The van der Waals surface area contributed by atoms with Crippen LogP contribution in [0.15, 0.2) is 12.7 Å². The Bertz CT molecular complexity index is 514. The lowest BCUT2D eigenvalue weighted by atomic mass is 9.81. The Kier molecular flexibility index (Phi) is 7.01. The number of likely N-dealkylation sites (tertiary alicyclic amines) is 1. The smallest absolute Gasteiger partial charge is 0.356 e. The first kappa shape index (κ1) is 21.9. The summed E-state index contributed by atoms with van der Waals surface area (Å²) in [5.74, 6) is -1.48. The number of aliphatic hydroxyl groups is 1. The van der Waals surface area contributed by atoms with Crippen LogP contribution in [0.25, 0.3) is 0 Å². The SMILES string of the molecule is C=CC[C@@H]1[C@@H]([C@@H](C)O[Si](C)(C)C(C)(C)C)C(=O)N1[C@@H](O)C(=O)OCC. The summed E-state index contributed by atoms with van der Waals surface area (Å²) < 4.78 is 11.2. The molecule has 0 aromatic carbocycles. The molecule has 6 nitrogen and oxygen atoms in total. The molecule has 0 bridgehead atoms. The molecule has 0 spiro atoms. The highest BCUT2D eigenvalue weighted by atomic mass is 28.4. The van der Waals surface area contributed by atoms with Crippen molar-refractivity contribution in [3.05, 3.63) is 12.7 Å². The first-order chi connectivity index (χ1) is 11.4. The minimum Gasteiger partial charge on any atom is -0.463 e. The van der Waals surface area contributed by atoms with E-state index in [1.54, 1.807) is 13.0 Å². The van der Waals surface area contributed by atoms with Crippen LogP contribution < -0.4 is 0 Å². The van der Waals surface area contributed by atoms with Crippen LogP contribution in [0.3, 0.4) is 0 Å². The van der Waals surface area contributed by atoms with Gasteiger partial charge in [0.2, 0.25) is 12.1 Å². The summed E-state index contributed by atoms with van der Waals surface area (Å²) >= 11 is 0. The van der Waals surface area contributed by atoms with Crippen molar-refractivity contribution < 1.29 is 23.9 Å². The number of hydrogen-bond acceptors (Lipinski definition) is 5. The van der Waals surface area contributed by atoms with Gasteiger partial charge in [-0.15, -0.1) is 6.58 Å². The van der Waals surface area contributed by atoms with Gasteiger partial charge in [0.1, 0.15) is 0 Å². The molecule has 1 rings (SSSR count). The monoisotopic (exact) mass is 371 g/mol. The first-order valence-electron chi connectivity index (χ1n) is 8.84. The summed E-state index contributed by atoms with van der Waals surface area (Å²) in [6, 6.07) is -0.316. The van der Waals surface area contributed by atoms with Gasteiger partial charge in [0.05, 0.1) is 24.7 Å². The summed E-state index contributed by atoms with van der Waals surface area (Å²) in [5.41, 5.74) is 0. The largest absolute Gasteiger partial charge is 0.463 e. The predicted molar refractivity (Wildman–Crippen MR) is 99.3 cm³/mol. The van der Waals surface area contributed by atoms with Gasteiger partial charge in [0, 0.05) is 0 Å². The van der Waals surface area contributed by atoms with Gasteiger partial charge in [-0.2, -0.15) is 0 Å². The third-order valence-corrected chi connectivity index (χ3v) is 9.85. The summed E-state index contributed by atoms with van der Waals surface area (Å²) in [4.78, 5) is 25.6. The predicted octanol–water partition coefficient (Wildman–Crippen LogP) is 2.68. The van der Waals surface area contributed by atoms with Crippen molar-refractivity contribution in [2.24, 2.45) is 5.92 Å². The Morgan fingerprint density at radius 1 is 1.44 bits per heavy atom. The highest BCUT2D eigenvalue weighted by molar-refractivity contribution is 6.74. The van der Waals surface area contributed by atoms with Crippen molar-refractivity contribution in [1.82, 2.24) is 4.90 Å². The fraction of sp³-hybridized carbons (Fsp3) is 0.778. The molecule has 0 aromatic heterocycles. The summed E-state index contributed by atoms with van der Waals surface area (Å²) in [6.45, 7) is 18.1. The van der Waals surface area contributed by atoms with Gasteiger partial charge in [-0.1, -0.05) is 26.8 Å². The van der Waals surface area contributed by atoms with E-state index in [1.165, 1.54) is 4.90 Å². The third-order valence-electron chi connectivity index (χ3n) is 5.27. The van der Waals surface area contributed by atoms with Crippen molar-refractivity contribution in [3.63, 3.8) is 0 Å². The van der Waals surface area contributed by atoms with Gasteiger partial charge in [-0.3, -0.25) is 4.79 Å². The number of amides is 1. The lowest BCUT2D eigenvalue weighted by Gasteiger charge is -2.52. The van der Waals surface area contributed by atoms with E-state index in [4.69, 9.17) is 9.16 Å². The lowest BCUT2D eigenvalue weighted by molar-refractivity contribution is -0.196. The Balaban J connectivity index is 2.92. The number of carbonyl (C=O) groups excluding carboxylic acids is 2. The molecule has 4 atom stereocenters. The number of rotatable bonds is 8. The molecule has 144 valence electrons. The van der Waals surface area contributed by atoms with Gasteiger partial charge in [-0.25, -0.2) is 4.79 Å². The molecule has 1 amide bonds. The van der Waals surface area contributed by atoms with E-state index in [-0.39, 0.29) is 29.7 Å². The molecule has 0 aliphatic carbocycles. The number of ether oxygens (including phenoxy) is 1. The number of carbonyl (C=O) groups is 2. The number of hydrogen-bond donors (Lipinski definition) is 1. The average Bonchev–Trinajstić information content (AvgIpc) is 2.45. The van der Waals surface area contributed by atoms with Crippen molar-refractivity contribution in [1.29, 1.82) is 0 Å². The molecule has 1 heterocycles. The van der Waals surface area contributed by atoms with Crippen LogP contribution in [0.5, 0.6) is 0 Å². The maximum atomic E-state index is 12.6. The van der Waals surface area contributed by atoms with Crippen LogP contribution in [0.4, 0.5) is 0 Å². The van der Waals surface area contributed by atoms with E-state index in [9.17, 15) is 14.7 Å². The maximum Gasteiger partial charge on any atom is 0.356 e. The van der Waals surface area contributed by atoms with Gasteiger partial charge in [0.25, 0.3) is 0 Å². The fourth-order valence-electron chi connectivity index (χ4n) is 2.88. The minimum absolute atomic E-state index is 0.0339. The van der Waals surface area contributed by atoms with Gasteiger partial charge in [0.15, 0.2) is 8.32 Å². The van der Waals surface area contributed by atoms with E-state index in [1.807, 2.05) is 6.92 Å². The second kappa shape index (κ2) is 8.01. The van der Waals surface area contributed by atoms with Crippen molar-refractivity contribution in [2.75, 3.05) is 6.61 Å². The second-order valence-electron chi connectivity index (χ2n) is 8.07. The van der Waals surface area contributed by atoms with E-state index in [0.29, 0.717) is 6.42 Å². The van der Waals surface area contributed by atoms with Gasteiger partial charge in [-0.05, 0) is 38.4 Å². The van der Waals surface area contributed by atoms with Crippen LogP contribution in [0, 0.1) is 5.92 Å². The molecule has 25 heavy (non-hydrogen) atoms. The van der Waals surface area contributed by atoms with Crippen LogP contribution in [-0.4, -0.2) is 55.2 Å². The van der Waals surface area contributed by atoms with Crippen molar-refractivity contribution in [3.8, 4) is 0 Å². The van der Waals surface area contributed by atoms with E-state index >= 15 is 0 Å².